The molecule has 0 amide bonds. The normalized spacial score (nSPS) is 21.5. The summed E-state index contributed by atoms with van der Waals surface area (Å²) in [6.45, 7) is 4.16. The Morgan fingerprint density at radius 1 is 1.07 bits per heavy atom. The molecule has 0 bridgehead atoms. The van der Waals surface area contributed by atoms with E-state index in [-0.39, 0.29) is 17.7 Å². The van der Waals surface area contributed by atoms with Gasteiger partial charge >= 0.3 is 5.97 Å². The molecule has 5 nitrogen and oxygen atoms in total. The van der Waals surface area contributed by atoms with Gasteiger partial charge in [-0.2, -0.15) is 0 Å². The minimum atomic E-state index is -0.813. The molecule has 2 aromatic carbocycles. The summed E-state index contributed by atoms with van der Waals surface area (Å²) in [4.78, 5) is 26.0. The number of fused-ring (bicyclic) bond motifs is 3. The Balaban J connectivity index is 1.99. The number of carbonyl (C=O) groups excluding carboxylic acids is 2. The Morgan fingerprint density at radius 3 is 2.41 bits per heavy atom. The van der Waals surface area contributed by atoms with Gasteiger partial charge in [0, 0.05) is 17.0 Å². The lowest BCUT2D eigenvalue weighted by Gasteiger charge is -2.24. The van der Waals surface area contributed by atoms with Gasteiger partial charge in [0.15, 0.2) is 0 Å². The summed E-state index contributed by atoms with van der Waals surface area (Å²) in [5.74, 6) is -0.659. The van der Waals surface area contributed by atoms with Crippen molar-refractivity contribution in [2.24, 2.45) is 11.8 Å². The summed E-state index contributed by atoms with van der Waals surface area (Å²) < 4.78 is 12.0. The molecule has 4 rings (SSSR count). The minimum absolute atomic E-state index is 0.0214. The van der Waals surface area contributed by atoms with Crippen LogP contribution in [0.1, 0.15) is 40.9 Å². The van der Waals surface area contributed by atoms with Crippen LogP contribution in [-0.4, -0.2) is 30.7 Å². The Labute approximate surface area is 170 Å². The molecule has 0 spiro atoms. The van der Waals surface area contributed by atoms with Gasteiger partial charge in [0.1, 0.15) is 11.7 Å². The largest absolute Gasteiger partial charge is 0.497 e. The number of carbonyl (C=O) groups is 2. The van der Waals surface area contributed by atoms with Crippen LogP contribution in [0.4, 0.5) is 0 Å². The average Bonchev–Trinajstić information content (AvgIpc) is 2.97. The number of aryl methyl sites for hydroxylation is 1. The van der Waals surface area contributed by atoms with Gasteiger partial charge in [-0.25, -0.2) is 0 Å². The van der Waals surface area contributed by atoms with Gasteiger partial charge in [-0.3, -0.25) is 14.2 Å². The highest BCUT2D eigenvalue weighted by Crippen LogP contribution is 2.44. The van der Waals surface area contributed by atoms with Crippen molar-refractivity contribution in [2.45, 2.75) is 26.2 Å². The summed E-state index contributed by atoms with van der Waals surface area (Å²) in [6, 6.07) is 15.8. The molecule has 3 aromatic rings. The third kappa shape index (κ3) is 3.01. The lowest BCUT2D eigenvalue weighted by atomic mass is 9.79. The van der Waals surface area contributed by atoms with Crippen LogP contribution in [0.3, 0.4) is 0 Å². The number of methoxy groups -OCH3 is 2. The van der Waals surface area contributed by atoms with Crippen molar-refractivity contribution in [3.63, 3.8) is 0 Å². The molecular weight excluding hydrogens is 366 g/mol. The van der Waals surface area contributed by atoms with Crippen LogP contribution in [0.15, 0.2) is 48.5 Å². The molecule has 0 radical (unpaired) electrons. The topological polar surface area (TPSA) is 57.5 Å². The number of nitrogens with zero attached hydrogens (tertiary/aromatic N) is 1. The van der Waals surface area contributed by atoms with E-state index in [1.165, 1.54) is 7.11 Å². The highest BCUT2D eigenvalue weighted by molar-refractivity contribution is 6.05. The molecular formula is C24H25NO4. The predicted molar refractivity (Wildman–Crippen MR) is 111 cm³/mol. The Bertz CT molecular complexity index is 1080. The van der Waals surface area contributed by atoms with E-state index < -0.39 is 11.9 Å². The highest BCUT2D eigenvalue weighted by Gasteiger charge is 2.41. The fourth-order valence-electron chi connectivity index (χ4n) is 4.70. The van der Waals surface area contributed by atoms with Crippen molar-refractivity contribution in [2.75, 3.05) is 14.2 Å². The molecule has 5 heteroatoms. The van der Waals surface area contributed by atoms with E-state index in [4.69, 9.17) is 9.47 Å². The molecule has 0 saturated carbocycles. The van der Waals surface area contributed by atoms with Gasteiger partial charge < -0.3 is 9.47 Å². The fraction of sp³-hybridized carbons (Fsp3) is 0.333. The van der Waals surface area contributed by atoms with Crippen LogP contribution < -0.4 is 4.74 Å². The van der Waals surface area contributed by atoms with E-state index >= 15 is 0 Å². The predicted octanol–water partition coefficient (Wildman–Crippen LogP) is 4.56. The Kier molecular flexibility index (Phi) is 4.91. The standard InChI is InChI=1S/C24H25NO4/c1-14-13-19(24(27)29-4)23(26)25-20-8-6-5-7-18(20)15(2)22(25)21(14)16-9-11-17(28-3)12-10-16/h5-12,14,19,21H,13H2,1-4H3/t14-,19-,21-/m0/s1. The van der Waals surface area contributed by atoms with Crippen LogP contribution in [0.25, 0.3) is 10.9 Å². The zero-order valence-electron chi connectivity index (χ0n) is 17.1. The quantitative estimate of drug-likeness (QED) is 0.485. The molecule has 29 heavy (non-hydrogen) atoms. The second-order valence-electron chi connectivity index (χ2n) is 7.74. The van der Waals surface area contributed by atoms with Crippen LogP contribution in [0.2, 0.25) is 0 Å². The second kappa shape index (κ2) is 7.39. The first kappa shape index (κ1) is 19.2. The van der Waals surface area contributed by atoms with Crippen molar-refractivity contribution in [1.82, 2.24) is 4.57 Å². The average molecular weight is 391 g/mol. The van der Waals surface area contributed by atoms with Gasteiger partial charge in [-0.1, -0.05) is 37.3 Å². The summed E-state index contributed by atoms with van der Waals surface area (Å²) in [6.07, 6.45) is 0.442. The molecule has 1 aliphatic heterocycles. The first-order valence-corrected chi connectivity index (χ1v) is 9.83. The van der Waals surface area contributed by atoms with Crippen LogP contribution in [-0.2, 0) is 9.53 Å². The number of benzene rings is 2. The lowest BCUT2D eigenvalue weighted by Crippen LogP contribution is -2.29. The molecule has 0 saturated heterocycles. The number of para-hydroxylation sites is 1. The third-order valence-electron chi connectivity index (χ3n) is 6.12. The first-order valence-electron chi connectivity index (χ1n) is 9.83. The number of ether oxygens (including phenoxy) is 2. The van der Waals surface area contributed by atoms with Crippen molar-refractivity contribution >= 4 is 22.8 Å². The molecule has 0 unspecified atom stereocenters. The van der Waals surface area contributed by atoms with Crippen molar-refractivity contribution in [3.8, 4) is 5.75 Å². The first-order chi connectivity index (χ1) is 14.0. The zero-order valence-corrected chi connectivity index (χ0v) is 17.1. The fourth-order valence-corrected chi connectivity index (χ4v) is 4.70. The van der Waals surface area contributed by atoms with Crippen molar-refractivity contribution in [3.05, 3.63) is 65.4 Å². The second-order valence-corrected chi connectivity index (χ2v) is 7.74. The summed E-state index contributed by atoms with van der Waals surface area (Å²) in [5.41, 5.74) is 3.97. The number of hydrogen-bond donors (Lipinski definition) is 0. The zero-order chi connectivity index (χ0) is 20.7. The SMILES string of the molecule is COC(=O)[C@H]1C[C@H](C)[C@@H](c2ccc(OC)cc2)c2c(C)c3ccccc3n2C1=O. The maximum Gasteiger partial charge on any atom is 0.318 e. The maximum atomic E-state index is 13.5. The van der Waals surface area contributed by atoms with Crippen molar-refractivity contribution < 1.29 is 19.1 Å². The van der Waals surface area contributed by atoms with Gasteiger partial charge in [0.2, 0.25) is 5.91 Å². The van der Waals surface area contributed by atoms with Crippen LogP contribution >= 0.6 is 0 Å². The number of rotatable bonds is 3. The summed E-state index contributed by atoms with van der Waals surface area (Å²) >= 11 is 0. The molecule has 0 fully saturated rings. The maximum absolute atomic E-state index is 13.5. The molecule has 0 N–H and O–H groups in total. The van der Waals surface area contributed by atoms with E-state index in [1.807, 2.05) is 48.5 Å². The lowest BCUT2D eigenvalue weighted by molar-refractivity contribution is -0.144. The molecule has 1 aliphatic rings. The van der Waals surface area contributed by atoms with E-state index in [2.05, 4.69) is 13.8 Å². The third-order valence-corrected chi connectivity index (χ3v) is 6.12. The number of aromatic nitrogens is 1. The molecule has 1 aromatic heterocycles. The Morgan fingerprint density at radius 2 is 1.76 bits per heavy atom. The highest BCUT2D eigenvalue weighted by atomic mass is 16.5. The molecule has 150 valence electrons. The van der Waals surface area contributed by atoms with E-state index in [0.29, 0.717) is 6.42 Å². The van der Waals surface area contributed by atoms with E-state index in [0.717, 1.165) is 33.5 Å². The Hall–Kier alpha value is -3.08. The van der Waals surface area contributed by atoms with Gasteiger partial charge in [0.25, 0.3) is 0 Å². The van der Waals surface area contributed by atoms with Gasteiger partial charge in [-0.05, 0) is 48.6 Å². The molecule has 0 aliphatic carbocycles. The smallest absolute Gasteiger partial charge is 0.318 e. The summed E-state index contributed by atoms with van der Waals surface area (Å²) in [5, 5.41) is 1.03. The minimum Gasteiger partial charge on any atom is -0.497 e. The van der Waals surface area contributed by atoms with Gasteiger partial charge in [-0.15, -0.1) is 0 Å². The van der Waals surface area contributed by atoms with Gasteiger partial charge in [0.05, 0.1) is 19.7 Å². The summed E-state index contributed by atoms with van der Waals surface area (Å²) in [7, 11) is 2.98. The molecule has 3 atom stereocenters. The number of hydrogen-bond acceptors (Lipinski definition) is 4. The van der Waals surface area contributed by atoms with Crippen molar-refractivity contribution in [1.29, 1.82) is 0 Å². The van der Waals surface area contributed by atoms with E-state index in [9.17, 15) is 9.59 Å². The molecule has 2 heterocycles. The number of esters is 1. The monoisotopic (exact) mass is 391 g/mol. The van der Waals surface area contributed by atoms with Crippen LogP contribution in [0, 0.1) is 18.8 Å². The van der Waals surface area contributed by atoms with Crippen LogP contribution in [0.5, 0.6) is 5.75 Å². The van der Waals surface area contributed by atoms with E-state index in [1.54, 1.807) is 11.7 Å².